The fourth-order valence-electron chi connectivity index (χ4n) is 1.41. The lowest BCUT2D eigenvalue weighted by molar-refractivity contribution is 0.120. The van der Waals surface area contributed by atoms with Crippen molar-refractivity contribution in [1.82, 2.24) is 15.2 Å². The standard InChI is InChI=1S/C8H12N4O2/c13-7-5-10-12-8(11-7)9-4-6-2-1-3-14-6/h5-6H,1-4H2,(H2,9,11,12,13)/t6-/m1/s1. The maximum absolute atomic E-state index is 10.9. The summed E-state index contributed by atoms with van der Waals surface area (Å²) in [6.45, 7) is 1.48. The van der Waals surface area contributed by atoms with E-state index in [0.29, 0.717) is 12.5 Å². The number of rotatable bonds is 3. The highest BCUT2D eigenvalue weighted by Crippen LogP contribution is 2.11. The Labute approximate surface area is 80.7 Å². The molecule has 1 aromatic heterocycles. The fourth-order valence-corrected chi connectivity index (χ4v) is 1.41. The molecule has 1 atom stereocenters. The summed E-state index contributed by atoms with van der Waals surface area (Å²) in [6, 6.07) is 0. The third kappa shape index (κ3) is 2.29. The van der Waals surface area contributed by atoms with Gasteiger partial charge in [-0.05, 0) is 12.8 Å². The number of hydrogen-bond acceptors (Lipinski definition) is 5. The van der Waals surface area contributed by atoms with Crippen molar-refractivity contribution in [3.05, 3.63) is 16.6 Å². The van der Waals surface area contributed by atoms with Crippen LogP contribution in [0.15, 0.2) is 11.0 Å². The van der Waals surface area contributed by atoms with Gasteiger partial charge >= 0.3 is 0 Å². The lowest BCUT2D eigenvalue weighted by Crippen LogP contribution is -2.21. The first-order chi connectivity index (χ1) is 6.84. The number of nitrogens with zero attached hydrogens (tertiary/aromatic N) is 2. The molecule has 0 aliphatic carbocycles. The van der Waals surface area contributed by atoms with Gasteiger partial charge in [0.05, 0.1) is 6.10 Å². The summed E-state index contributed by atoms with van der Waals surface area (Å²) in [7, 11) is 0. The van der Waals surface area contributed by atoms with E-state index in [-0.39, 0.29) is 11.7 Å². The van der Waals surface area contributed by atoms with Crippen LogP contribution in [0.4, 0.5) is 5.95 Å². The van der Waals surface area contributed by atoms with Gasteiger partial charge < -0.3 is 10.1 Å². The van der Waals surface area contributed by atoms with Crippen molar-refractivity contribution in [2.45, 2.75) is 18.9 Å². The molecule has 1 aliphatic rings. The van der Waals surface area contributed by atoms with E-state index in [0.717, 1.165) is 25.6 Å². The molecular weight excluding hydrogens is 184 g/mol. The van der Waals surface area contributed by atoms with E-state index in [1.165, 1.54) is 0 Å². The molecule has 1 aromatic rings. The van der Waals surface area contributed by atoms with Crippen molar-refractivity contribution in [3.63, 3.8) is 0 Å². The Balaban J connectivity index is 1.88. The number of anilines is 1. The molecule has 2 N–H and O–H groups in total. The topological polar surface area (TPSA) is 79.9 Å². The molecule has 76 valence electrons. The van der Waals surface area contributed by atoms with Crippen LogP contribution in [0.25, 0.3) is 0 Å². The molecule has 0 bridgehead atoms. The van der Waals surface area contributed by atoms with Gasteiger partial charge in [-0.25, -0.2) is 0 Å². The van der Waals surface area contributed by atoms with E-state index in [1.54, 1.807) is 0 Å². The minimum atomic E-state index is -0.255. The number of aromatic amines is 1. The van der Waals surface area contributed by atoms with E-state index in [9.17, 15) is 4.79 Å². The minimum Gasteiger partial charge on any atom is -0.376 e. The summed E-state index contributed by atoms with van der Waals surface area (Å²) >= 11 is 0. The molecule has 0 amide bonds. The van der Waals surface area contributed by atoms with Gasteiger partial charge in [0.25, 0.3) is 5.56 Å². The number of hydrogen-bond donors (Lipinski definition) is 2. The molecular formula is C8H12N4O2. The molecule has 0 spiro atoms. The molecule has 1 saturated heterocycles. The van der Waals surface area contributed by atoms with Gasteiger partial charge in [0.15, 0.2) is 0 Å². The molecule has 2 rings (SSSR count). The van der Waals surface area contributed by atoms with Crippen LogP contribution in [-0.4, -0.2) is 34.4 Å². The van der Waals surface area contributed by atoms with Gasteiger partial charge in [-0.15, -0.1) is 10.2 Å². The molecule has 14 heavy (non-hydrogen) atoms. The normalized spacial score (nSPS) is 21.0. The number of aromatic nitrogens is 3. The predicted octanol–water partition coefficient (Wildman–Crippen LogP) is -0.244. The zero-order chi connectivity index (χ0) is 9.80. The highest BCUT2D eigenvalue weighted by Gasteiger charge is 2.14. The summed E-state index contributed by atoms with van der Waals surface area (Å²) in [5, 5.41) is 10.2. The highest BCUT2D eigenvalue weighted by atomic mass is 16.5. The number of H-pyrrole nitrogens is 1. The Kier molecular flexibility index (Phi) is 2.73. The third-order valence-electron chi connectivity index (χ3n) is 2.10. The highest BCUT2D eigenvalue weighted by molar-refractivity contribution is 5.20. The van der Waals surface area contributed by atoms with E-state index in [4.69, 9.17) is 4.74 Å². The number of ether oxygens (including phenoxy) is 1. The van der Waals surface area contributed by atoms with E-state index >= 15 is 0 Å². The minimum absolute atomic E-state index is 0.223. The van der Waals surface area contributed by atoms with Crippen LogP contribution in [0.3, 0.4) is 0 Å². The second kappa shape index (κ2) is 4.19. The summed E-state index contributed by atoms with van der Waals surface area (Å²) < 4.78 is 5.40. The smallest absolute Gasteiger partial charge is 0.271 e. The van der Waals surface area contributed by atoms with Crippen molar-refractivity contribution in [3.8, 4) is 0 Å². The van der Waals surface area contributed by atoms with E-state index in [1.807, 2.05) is 0 Å². The average Bonchev–Trinajstić information content (AvgIpc) is 2.67. The summed E-state index contributed by atoms with van der Waals surface area (Å²) in [5.74, 6) is 0.396. The van der Waals surface area contributed by atoms with Gasteiger partial charge in [0.2, 0.25) is 5.95 Å². The molecule has 0 unspecified atom stereocenters. The first kappa shape index (κ1) is 9.14. The predicted molar refractivity (Wildman–Crippen MR) is 50.1 cm³/mol. The first-order valence-electron chi connectivity index (χ1n) is 4.62. The van der Waals surface area contributed by atoms with Crippen LogP contribution >= 0.6 is 0 Å². The Bertz CT molecular complexity index is 345. The molecule has 1 aliphatic heterocycles. The van der Waals surface area contributed by atoms with Crippen LogP contribution in [-0.2, 0) is 4.74 Å². The number of nitrogens with one attached hydrogen (secondary N) is 2. The Morgan fingerprint density at radius 2 is 2.64 bits per heavy atom. The lowest BCUT2D eigenvalue weighted by atomic mass is 10.2. The fraction of sp³-hybridized carbons (Fsp3) is 0.625. The SMILES string of the molecule is O=c1cnnc(NC[C@H]2CCCO2)[nH]1. The lowest BCUT2D eigenvalue weighted by Gasteiger charge is -2.09. The Hall–Kier alpha value is -1.43. The monoisotopic (exact) mass is 196 g/mol. The zero-order valence-corrected chi connectivity index (χ0v) is 7.69. The molecule has 6 nitrogen and oxygen atoms in total. The second-order valence-electron chi connectivity index (χ2n) is 3.20. The van der Waals surface area contributed by atoms with Crippen molar-refractivity contribution < 1.29 is 4.74 Å². The quantitative estimate of drug-likeness (QED) is 0.697. The molecule has 0 aromatic carbocycles. The zero-order valence-electron chi connectivity index (χ0n) is 7.69. The average molecular weight is 196 g/mol. The first-order valence-corrected chi connectivity index (χ1v) is 4.62. The van der Waals surface area contributed by atoms with Crippen LogP contribution in [0, 0.1) is 0 Å². The van der Waals surface area contributed by atoms with Gasteiger partial charge in [-0.3, -0.25) is 9.78 Å². The van der Waals surface area contributed by atoms with Crippen molar-refractivity contribution >= 4 is 5.95 Å². The third-order valence-corrected chi connectivity index (χ3v) is 2.10. The van der Waals surface area contributed by atoms with E-state index in [2.05, 4.69) is 20.5 Å². The largest absolute Gasteiger partial charge is 0.376 e. The van der Waals surface area contributed by atoms with Gasteiger partial charge in [0, 0.05) is 13.2 Å². The van der Waals surface area contributed by atoms with Crippen LogP contribution < -0.4 is 10.9 Å². The van der Waals surface area contributed by atoms with Crippen LogP contribution in [0.1, 0.15) is 12.8 Å². The second-order valence-corrected chi connectivity index (χ2v) is 3.20. The van der Waals surface area contributed by atoms with Crippen LogP contribution in [0.5, 0.6) is 0 Å². The van der Waals surface area contributed by atoms with Crippen molar-refractivity contribution in [1.29, 1.82) is 0 Å². The summed E-state index contributed by atoms with van der Waals surface area (Å²) in [4.78, 5) is 13.4. The molecule has 2 heterocycles. The molecule has 6 heteroatoms. The Morgan fingerprint density at radius 3 is 3.36 bits per heavy atom. The van der Waals surface area contributed by atoms with Gasteiger partial charge in [0.1, 0.15) is 6.20 Å². The van der Waals surface area contributed by atoms with E-state index < -0.39 is 0 Å². The van der Waals surface area contributed by atoms with Gasteiger partial charge in [-0.2, -0.15) is 0 Å². The van der Waals surface area contributed by atoms with Gasteiger partial charge in [-0.1, -0.05) is 0 Å². The summed E-state index contributed by atoms with van der Waals surface area (Å²) in [6.07, 6.45) is 3.51. The van der Waals surface area contributed by atoms with Crippen LogP contribution in [0.2, 0.25) is 0 Å². The summed E-state index contributed by atoms with van der Waals surface area (Å²) in [5.41, 5.74) is -0.255. The van der Waals surface area contributed by atoms with Crippen molar-refractivity contribution in [2.24, 2.45) is 0 Å². The molecule has 0 radical (unpaired) electrons. The maximum Gasteiger partial charge on any atom is 0.271 e. The van der Waals surface area contributed by atoms with Crippen molar-refractivity contribution in [2.75, 3.05) is 18.5 Å². The Morgan fingerprint density at radius 1 is 1.71 bits per heavy atom. The molecule has 0 saturated carbocycles. The molecule has 1 fully saturated rings. The maximum atomic E-state index is 10.9.